The standard InChI is InChI=1S/C24H36N4O5S/c1-25-23(30)6-5-19(18-29)28-17-21-20(24(28)31)3-2-4-22(21)34-16-15-33-14-13-32-12-11-27-9-7-26-8-10-27/h2-4,18-19,26H,5-17H2,1H3,(H,25,30). The van der Waals surface area contributed by atoms with Crippen molar-refractivity contribution in [3.63, 3.8) is 0 Å². The molecular weight excluding hydrogens is 456 g/mol. The SMILES string of the molecule is CNC(=O)CCC(C=O)N1Cc2c(SCCOCCOCCN3CCNCC3)cccc2C1=O. The molecule has 34 heavy (non-hydrogen) atoms. The summed E-state index contributed by atoms with van der Waals surface area (Å²) < 4.78 is 11.4. The Morgan fingerprint density at radius 3 is 2.71 bits per heavy atom. The van der Waals surface area contributed by atoms with Crippen LogP contribution in [0.5, 0.6) is 0 Å². The predicted molar refractivity (Wildman–Crippen MR) is 131 cm³/mol. The quantitative estimate of drug-likeness (QED) is 0.210. The van der Waals surface area contributed by atoms with E-state index in [-0.39, 0.29) is 18.2 Å². The van der Waals surface area contributed by atoms with Gasteiger partial charge in [-0.05, 0) is 24.1 Å². The second kappa shape index (κ2) is 14.4. The van der Waals surface area contributed by atoms with Gasteiger partial charge in [0.2, 0.25) is 5.91 Å². The van der Waals surface area contributed by atoms with Gasteiger partial charge < -0.3 is 29.8 Å². The zero-order chi connectivity index (χ0) is 24.2. The van der Waals surface area contributed by atoms with Gasteiger partial charge in [0.15, 0.2) is 0 Å². The van der Waals surface area contributed by atoms with Crippen LogP contribution in [-0.2, 0) is 25.6 Å². The Balaban J connectivity index is 1.36. The fraction of sp³-hybridized carbons (Fsp3) is 0.625. The van der Waals surface area contributed by atoms with E-state index in [1.54, 1.807) is 29.8 Å². The minimum Gasteiger partial charge on any atom is -0.378 e. The van der Waals surface area contributed by atoms with E-state index in [9.17, 15) is 14.4 Å². The molecule has 1 atom stereocenters. The van der Waals surface area contributed by atoms with Gasteiger partial charge in [0.25, 0.3) is 5.91 Å². The van der Waals surface area contributed by atoms with Crippen LogP contribution in [0.1, 0.15) is 28.8 Å². The van der Waals surface area contributed by atoms with Gasteiger partial charge in [-0.15, -0.1) is 11.8 Å². The Hall–Kier alpha value is -1.98. The number of amides is 2. The lowest BCUT2D eigenvalue weighted by molar-refractivity contribution is -0.121. The number of hydrogen-bond donors (Lipinski definition) is 2. The van der Waals surface area contributed by atoms with E-state index in [2.05, 4.69) is 15.5 Å². The van der Waals surface area contributed by atoms with Crippen LogP contribution in [0.4, 0.5) is 0 Å². The molecule has 0 aromatic heterocycles. The van der Waals surface area contributed by atoms with E-state index in [4.69, 9.17) is 9.47 Å². The van der Waals surface area contributed by atoms with E-state index in [0.29, 0.717) is 38.3 Å². The van der Waals surface area contributed by atoms with Gasteiger partial charge in [-0.25, -0.2) is 0 Å². The van der Waals surface area contributed by atoms with Crippen molar-refractivity contribution in [2.24, 2.45) is 0 Å². The summed E-state index contributed by atoms with van der Waals surface area (Å²) in [6, 6.07) is 5.07. The lowest BCUT2D eigenvalue weighted by atomic mass is 10.1. The fourth-order valence-corrected chi connectivity index (χ4v) is 5.04. The van der Waals surface area contributed by atoms with Gasteiger partial charge >= 0.3 is 0 Å². The highest BCUT2D eigenvalue weighted by atomic mass is 32.2. The van der Waals surface area contributed by atoms with Crippen molar-refractivity contribution < 1.29 is 23.9 Å². The molecule has 2 amide bonds. The summed E-state index contributed by atoms with van der Waals surface area (Å²) in [4.78, 5) is 41.1. The molecule has 9 nitrogen and oxygen atoms in total. The van der Waals surface area contributed by atoms with Gasteiger partial charge in [-0.3, -0.25) is 14.5 Å². The molecule has 1 aromatic rings. The summed E-state index contributed by atoms with van der Waals surface area (Å²) >= 11 is 1.65. The van der Waals surface area contributed by atoms with Gasteiger partial charge in [0, 0.05) is 68.9 Å². The molecule has 188 valence electrons. The van der Waals surface area contributed by atoms with Gasteiger partial charge in [0.1, 0.15) is 6.29 Å². The molecule has 1 fully saturated rings. The number of rotatable bonds is 15. The van der Waals surface area contributed by atoms with E-state index in [1.165, 1.54) is 0 Å². The number of benzene rings is 1. The monoisotopic (exact) mass is 492 g/mol. The Morgan fingerprint density at radius 2 is 1.97 bits per heavy atom. The molecule has 0 radical (unpaired) electrons. The van der Waals surface area contributed by atoms with E-state index < -0.39 is 6.04 Å². The van der Waals surface area contributed by atoms with E-state index >= 15 is 0 Å². The van der Waals surface area contributed by atoms with Crippen molar-refractivity contribution in [2.45, 2.75) is 30.3 Å². The average Bonchev–Trinajstić information content (AvgIpc) is 3.21. The number of carbonyl (C=O) groups is 3. The minimum absolute atomic E-state index is 0.141. The molecule has 2 heterocycles. The highest BCUT2D eigenvalue weighted by Crippen LogP contribution is 2.33. The number of nitrogens with zero attached hydrogens (tertiary/aromatic N) is 2. The molecular formula is C24H36N4O5S. The topological polar surface area (TPSA) is 100 Å². The van der Waals surface area contributed by atoms with Crippen LogP contribution in [0.2, 0.25) is 0 Å². The molecule has 0 spiro atoms. The van der Waals surface area contributed by atoms with E-state index in [1.807, 2.05) is 12.1 Å². The van der Waals surface area contributed by atoms with Crippen molar-refractivity contribution >= 4 is 29.9 Å². The molecule has 2 aliphatic rings. The maximum Gasteiger partial charge on any atom is 0.255 e. The smallest absolute Gasteiger partial charge is 0.255 e. The first-order valence-corrected chi connectivity index (χ1v) is 12.9. The van der Waals surface area contributed by atoms with Gasteiger partial charge in [-0.2, -0.15) is 0 Å². The van der Waals surface area contributed by atoms with Crippen LogP contribution in [0.3, 0.4) is 0 Å². The van der Waals surface area contributed by atoms with Crippen molar-refractivity contribution in [3.05, 3.63) is 29.3 Å². The first-order chi connectivity index (χ1) is 16.6. The predicted octanol–water partition coefficient (Wildman–Crippen LogP) is 0.767. The number of carbonyl (C=O) groups excluding carboxylic acids is 3. The molecule has 2 aliphatic heterocycles. The summed E-state index contributed by atoms with van der Waals surface area (Å²) in [5.74, 6) is 0.469. The fourth-order valence-electron chi connectivity index (χ4n) is 4.09. The first kappa shape index (κ1) is 26.6. The van der Waals surface area contributed by atoms with Crippen LogP contribution in [0.25, 0.3) is 0 Å². The van der Waals surface area contributed by atoms with Crippen LogP contribution in [0.15, 0.2) is 23.1 Å². The van der Waals surface area contributed by atoms with Crippen LogP contribution >= 0.6 is 11.8 Å². The van der Waals surface area contributed by atoms with Gasteiger partial charge in [0.05, 0.1) is 32.5 Å². The zero-order valence-corrected chi connectivity index (χ0v) is 20.7. The summed E-state index contributed by atoms with van der Waals surface area (Å²) in [6.45, 7) is 8.07. The maximum atomic E-state index is 12.9. The number of ether oxygens (including phenoxy) is 2. The zero-order valence-electron chi connectivity index (χ0n) is 19.9. The molecule has 0 saturated carbocycles. The van der Waals surface area contributed by atoms with Gasteiger partial charge in [-0.1, -0.05) is 6.07 Å². The van der Waals surface area contributed by atoms with Crippen molar-refractivity contribution in [3.8, 4) is 0 Å². The number of fused-ring (bicyclic) bond motifs is 1. The molecule has 1 saturated heterocycles. The van der Waals surface area contributed by atoms with Crippen LogP contribution in [0, 0.1) is 0 Å². The molecule has 2 N–H and O–H groups in total. The van der Waals surface area contributed by atoms with E-state index in [0.717, 1.165) is 61.8 Å². The molecule has 3 rings (SSSR count). The Labute approximate surface area is 205 Å². The normalized spacial score (nSPS) is 17.0. The van der Waals surface area contributed by atoms with Crippen LogP contribution < -0.4 is 10.6 Å². The molecule has 1 aromatic carbocycles. The van der Waals surface area contributed by atoms with Crippen LogP contribution in [-0.4, -0.2) is 106 Å². The number of nitrogens with one attached hydrogen (secondary N) is 2. The maximum absolute atomic E-state index is 12.9. The second-order valence-electron chi connectivity index (χ2n) is 8.30. The molecule has 0 aliphatic carbocycles. The Morgan fingerprint density at radius 1 is 1.21 bits per heavy atom. The summed E-state index contributed by atoms with van der Waals surface area (Å²) in [5.41, 5.74) is 1.58. The lowest BCUT2D eigenvalue weighted by Crippen LogP contribution is -2.44. The minimum atomic E-state index is -0.607. The van der Waals surface area contributed by atoms with Crippen molar-refractivity contribution in [1.29, 1.82) is 0 Å². The Bertz CT molecular complexity index is 819. The highest BCUT2D eigenvalue weighted by Gasteiger charge is 2.34. The molecule has 0 bridgehead atoms. The number of piperazine rings is 1. The number of thioether (sulfide) groups is 1. The largest absolute Gasteiger partial charge is 0.378 e. The molecule has 1 unspecified atom stereocenters. The Kier molecular flexibility index (Phi) is 11.3. The highest BCUT2D eigenvalue weighted by molar-refractivity contribution is 7.99. The third-order valence-corrected chi connectivity index (χ3v) is 7.14. The lowest BCUT2D eigenvalue weighted by Gasteiger charge is -2.26. The third kappa shape index (κ3) is 7.78. The number of aldehydes is 1. The molecule has 10 heteroatoms. The first-order valence-electron chi connectivity index (χ1n) is 11.9. The van der Waals surface area contributed by atoms with Crippen molar-refractivity contribution in [2.75, 3.05) is 72.0 Å². The average molecular weight is 493 g/mol. The summed E-state index contributed by atoms with van der Waals surface area (Å²) in [7, 11) is 1.56. The number of hydrogen-bond acceptors (Lipinski definition) is 8. The summed E-state index contributed by atoms with van der Waals surface area (Å²) in [6.07, 6.45) is 1.29. The summed E-state index contributed by atoms with van der Waals surface area (Å²) in [5, 5.41) is 5.89. The van der Waals surface area contributed by atoms with Crippen molar-refractivity contribution in [1.82, 2.24) is 20.4 Å². The third-order valence-electron chi connectivity index (χ3n) is 6.07. The second-order valence-corrected chi connectivity index (χ2v) is 9.43.